The monoisotopic (exact) mass is 588 g/mol. The van der Waals surface area contributed by atoms with Gasteiger partial charge in [-0.25, -0.2) is 4.79 Å². The molecule has 1 saturated heterocycles. The zero-order chi connectivity index (χ0) is 30.6. The summed E-state index contributed by atoms with van der Waals surface area (Å²) in [6.07, 6.45) is 4.00. The standard InChI is InChI=1S/C34H40N2O7/c1-4-6-7-14-19-28(40-23-26-15-10-8-11-16-26)30-31(41-24-27-17-12-9-13-18-27)32(42-25(3)37)33(43-30)36-22-20-29(38)35(21-5-2)34(36)39/h4-5,8-13,15-18,20,22,28,30-33H,1-2,6-7,14,19,21,23-24H2,3H3/t28?,30-,31-,32-,33-/m1/s1. The van der Waals surface area contributed by atoms with Crippen LogP contribution < -0.4 is 11.2 Å². The van der Waals surface area contributed by atoms with E-state index in [-0.39, 0.29) is 13.2 Å². The minimum Gasteiger partial charge on any atom is -0.455 e. The van der Waals surface area contributed by atoms with Crippen molar-refractivity contribution >= 4 is 5.97 Å². The highest BCUT2D eigenvalue weighted by Crippen LogP contribution is 2.37. The second-order valence-corrected chi connectivity index (χ2v) is 10.5. The Bertz CT molecular complexity index is 1450. The number of hydrogen-bond donors (Lipinski definition) is 0. The van der Waals surface area contributed by atoms with Crippen LogP contribution in [-0.4, -0.2) is 39.5 Å². The first-order valence-electron chi connectivity index (χ1n) is 14.6. The van der Waals surface area contributed by atoms with Gasteiger partial charge in [-0.3, -0.25) is 18.7 Å². The molecule has 2 aromatic carbocycles. The number of rotatable bonds is 16. The van der Waals surface area contributed by atoms with E-state index < -0.39 is 47.9 Å². The van der Waals surface area contributed by atoms with Crippen LogP contribution in [0.15, 0.2) is 108 Å². The van der Waals surface area contributed by atoms with Gasteiger partial charge in [-0.2, -0.15) is 0 Å². The second-order valence-electron chi connectivity index (χ2n) is 10.5. The maximum atomic E-state index is 13.5. The normalized spacial score (nSPS) is 20.4. The smallest absolute Gasteiger partial charge is 0.333 e. The van der Waals surface area contributed by atoms with E-state index in [0.29, 0.717) is 13.0 Å². The summed E-state index contributed by atoms with van der Waals surface area (Å²) in [5.41, 5.74) is 0.850. The van der Waals surface area contributed by atoms with Crippen molar-refractivity contribution in [3.05, 3.63) is 130 Å². The number of ether oxygens (including phenoxy) is 4. The number of nitrogens with zero attached hydrogens (tertiary/aromatic N) is 2. The lowest BCUT2D eigenvalue weighted by Gasteiger charge is -2.29. The van der Waals surface area contributed by atoms with E-state index in [1.807, 2.05) is 66.7 Å². The molecule has 3 aromatic rings. The zero-order valence-corrected chi connectivity index (χ0v) is 24.6. The minimum atomic E-state index is -1.06. The Labute approximate surface area is 252 Å². The molecule has 1 fully saturated rings. The van der Waals surface area contributed by atoms with Gasteiger partial charge >= 0.3 is 11.7 Å². The molecule has 0 spiro atoms. The first kappa shape index (κ1) is 31.9. The molecule has 9 heteroatoms. The lowest BCUT2D eigenvalue weighted by Crippen LogP contribution is -2.45. The minimum absolute atomic E-state index is 0.0208. The third-order valence-corrected chi connectivity index (χ3v) is 7.31. The Morgan fingerprint density at radius 3 is 2.23 bits per heavy atom. The number of carbonyl (C=O) groups excluding carboxylic acids is 1. The number of carbonyl (C=O) groups is 1. The molecule has 0 bridgehead atoms. The van der Waals surface area contributed by atoms with Gasteiger partial charge < -0.3 is 18.9 Å². The van der Waals surface area contributed by atoms with Gasteiger partial charge in [0, 0.05) is 25.7 Å². The molecule has 228 valence electrons. The maximum absolute atomic E-state index is 13.5. The molecular formula is C34H40N2O7. The molecule has 1 aliphatic heterocycles. The van der Waals surface area contributed by atoms with E-state index in [4.69, 9.17) is 18.9 Å². The number of benzene rings is 2. The lowest BCUT2D eigenvalue weighted by atomic mass is 9.99. The molecule has 0 radical (unpaired) electrons. The number of allylic oxidation sites excluding steroid dienone is 2. The van der Waals surface area contributed by atoms with Gasteiger partial charge in [-0.15, -0.1) is 13.2 Å². The van der Waals surface area contributed by atoms with Gasteiger partial charge in [-0.05, 0) is 30.4 Å². The van der Waals surface area contributed by atoms with Crippen molar-refractivity contribution in [2.24, 2.45) is 0 Å². The fraction of sp³-hybridized carbons (Fsp3) is 0.382. The molecule has 0 amide bonds. The van der Waals surface area contributed by atoms with E-state index in [9.17, 15) is 14.4 Å². The van der Waals surface area contributed by atoms with E-state index in [0.717, 1.165) is 35.0 Å². The summed E-state index contributed by atoms with van der Waals surface area (Å²) in [7, 11) is 0. The highest BCUT2D eigenvalue weighted by Gasteiger charge is 2.52. The van der Waals surface area contributed by atoms with Crippen molar-refractivity contribution in [1.82, 2.24) is 9.13 Å². The Hall–Kier alpha value is -4.05. The van der Waals surface area contributed by atoms with Crippen molar-refractivity contribution in [3.8, 4) is 0 Å². The van der Waals surface area contributed by atoms with Crippen LogP contribution in [-0.2, 0) is 43.5 Å². The molecule has 1 aliphatic rings. The van der Waals surface area contributed by atoms with Crippen LogP contribution in [0, 0.1) is 0 Å². The van der Waals surface area contributed by atoms with Crippen LogP contribution in [0.3, 0.4) is 0 Å². The van der Waals surface area contributed by atoms with Gasteiger partial charge in [-0.1, -0.05) is 79.2 Å². The lowest BCUT2D eigenvalue weighted by molar-refractivity contribution is -0.158. The highest BCUT2D eigenvalue weighted by atomic mass is 16.6. The molecule has 43 heavy (non-hydrogen) atoms. The van der Waals surface area contributed by atoms with Crippen LogP contribution in [0.5, 0.6) is 0 Å². The van der Waals surface area contributed by atoms with Gasteiger partial charge in [0.05, 0.1) is 19.3 Å². The Balaban J connectivity index is 1.73. The fourth-order valence-electron chi connectivity index (χ4n) is 5.24. The molecule has 5 atom stereocenters. The van der Waals surface area contributed by atoms with E-state index in [1.54, 1.807) is 0 Å². The molecule has 0 saturated carbocycles. The zero-order valence-electron chi connectivity index (χ0n) is 24.6. The van der Waals surface area contributed by atoms with Crippen molar-refractivity contribution < 1.29 is 23.7 Å². The Kier molecular flexibility index (Phi) is 11.8. The van der Waals surface area contributed by atoms with Gasteiger partial charge in [0.2, 0.25) is 0 Å². The summed E-state index contributed by atoms with van der Waals surface area (Å²) >= 11 is 0. The summed E-state index contributed by atoms with van der Waals surface area (Å²) in [6, 6.07) is 20.7. The average molecular weight is 589 g/mol. The molecule has 9 nitrogen and oxygen atoms in total. The third kappa shape index (κ3) is 8.50. The van der Waals surface area contributed by atoms with Gasteiger partial charge in [0.25, 0.3) is 5.56 Å². The summed E-state index contributed by atoms with van der Waals surface area (Å²) in [5, 5.41) is 0. The number of hydrogen-bond acceptors (Lipinski definition) is 7. The topological polar surface area (TPSA) is 98.0 Å². The van der Waals surface area contributed by atoms with Crippen LogP contribution in [0.25, 0.3) is 0 Å². The molecule has 4 rings (SSSR count). The Morgan fingerprint density at radius 1 is 0.930 bits per heavy atom. The van der Waals surface area contributed by atoms with E-state index >= 15 is 0 Å². The van der Waals surface area contributed by atoms with E-state index in [1.165, 1.54) is 29.8 Å². The molecule has 1 unspecified atom stereocenters. The van der Waals surface area contributed by atoms with Crippen molar-refractivity contribution in [1.29, 1.82) is 0 Å². The Morgan fingerprint density at radius 2 is 1.60 bits per heavy atom. The predicted molar refractivity (Wildman–Crippen MR) is 163 cm³/mol. The quantitative estimate of drug-likeness (QED) is 0.133. The third-order valence-electron chi connectivity index (χ3n) is 7.31. The van der Waals surface area contributed by atoms with Crippen molar-refractivity contribution in [2.45, 2.75) is 83.0 Å². The van der Waals surface area contributed by atoms with E-state index in [2.05, 4.69) is 13.2 Å². The number of aromatic nitrogens is 2. The van der Waals surface area contributed by atoms with Crippen LogP contribution >= 0.6 is 0 Å². The largest absolute Gasteiger partial charge is 0.455 e. The average Bonchev–Trinajstić information content (AvgIpc) is 3.35. The van der Waals surface area contributed by atoms with Crippen LogP contribution in [0.1, 0.15) is 50.0 Å². The van der Waals surface area contributed by atoms with Crippen LogP contribution in [0.2, 0.25) is 0 Å². The SMILES string of the molecule is C=CCCCCC(OCc1ccccc1)[C@H]1O[C@@H](n2ccc(=O)n(CC=C)c2=O)[C@H](OC(C)=O)[C@@H]1OCc1ccccc1. The number of esters is 1. The van der Waals surface area contributed by atoms with Crippen molar-refractivity contribution in [2.75, 3.05) is 0 Å². The molecular weight excluding hydrogens is 548 g/mol. The summed E-state index contributed by atoms with van der Waals surface area (Å²) in [5.74, 6) is -0.548. The molecule has 2 heterocycles. The summed E-state index contributed by atoms with van der Waals surface area (Å²) in [6.45, 7) is 9.37. The second kappa shape index (κ2) is 16.0. The van der Waals surface area contributed by atoms with Gasteiger partial charge in [0.15, 0.2) is 12.3 Å². The fourth-order valence-corrected chi connectivity index (χ4v) is 5.24. The van der Waals surface area contributed by atoms with Gasteiger partial charge in [0.1, 0.15) is 12.2 Å². The van der Waals surface area contributed by atoms with Crippen molar-refractivity contribution in [3.63, 3.8) is 0 Å². The maximum Gasteiger partial charge on any atom is 0.333 e. The summed E-state index contributed by atoms with van der Waals surface area (Å²) < 4.78 is 27.7. The molecule has 0 N–H and O–H groups in total. The first-order valence-corrected chi connectivity index (χ1v) is 14.6. The number of unbranched alkanes of at least 4 members (excludes halogenated alkanes) is 2. The highest BCUT2D eigenvalue weighted by molar-refractivity contribution is 5.66. The summed E-state index contributed by atoms with van der Waals surface area (Å²) in [4.78, 5) is 38.4. The first-order chi connectivity index (χ1) is 20.9. The molecule has 0 aliphatic carbocycles. The van der Waals surface area contributed by atoms with Crippen LogP contribution in [0.4, 0.5) is 0 Å². The molecule has 1 aromatic heterocycles. The predicted octanol–water partition coefficient (Wildman–Crippen LogP) is 4.94.